The van der Waals surface area contributed by atoms with Gasteiger partial charge in [-0.05, 0) is 25.0 Å². The summed E-state index contributed by atoms with van der Waals surface area (Å²) in [5.41, 5.74) is 1.25. The van der Waals surface area contributed by atoms with Gasteiger partial charge in [0.2, 0.25) is 0 Å². The molecule has 2 saturated heterocycles. The van der Waals surface area contributed by atoms with Crippen molar-refractivity contribution in [2.75, 3.05) is 69.3 Å². The van der Waals surface area contributed by atoms with Gasteiger partial charge in [0.05, 0.1) is 5.69 Å². The van der Waals surface area contributed by atoms with Crippen LogP contribution >= 0.6 is 35.7 Å². The molecule has 30 heavy (non-hydrogen) atoms. The second-order valence-electron chi connectivity index (χ2n) is 8.39. The molecule has 0 aromatic heterocycles. The number of nitrogens with zero attached hydrogens (tertiary/aromatic N) is 4. The molecule has 2 N–H and O–H groups in total. The van der Waals surface area contributed by atoms with E-state index in [0.717, 1.165) is 44.4 Å². The highest BCUT2D eigenvalue weighted by Crippen LogP contribution is 2.36. The molecular formula is C22H36IN5OS. The van der Waals surface area contributed by atoms with Crippen molar-refractivity contribution in [1.82, 2.24) is 15.1 Å². The van der Waals surface area contributed by atoms with E-state index in [9.17, 15) is 5.11 Å². The summed E-state index contributed by atoms with van der Waals surface area (Å²) in [6.07, 6.45) is 5.32. The number of nitrogens with one attached hydrogen (secondary N) is 1. The zero-order chi connectivity index (χ0) is 20.1. The van der Waals surface area contributed by atoms with Gasteiger partial charge >= 0.3 is 0 Å². The van der Waals surface area contributed by atoms with Gasteiger partial charge in [0.1, 0.15) is 5.75 Å². The van der Waals surface area contributed by atoms with E-state index in [-0.39, 0.29) is 24.0 Å². The number of piperazine rings is 1. The molecule has 0 atom stereocenters. The van der Waals surface area contributed by atoms with Crippen LogP contribution in [0.5, 0.6) is 5.75 Å². The number of anilines is 1. The Labute approximate surface area is 202 Å². The lowest BCUT2D eigenvalue weighted by atomic mass is 9.94. The Morgan fingerprint density at radius 3 is 2.37 bits per heavy atom. The summed E-state index contributed by atoms with van der Waals surface area (Å²) in [6, 6.07) is 7.63. The first-order valence-corrected chi connectivity index (χ1v) is 12.2. The Morgan fingerprint density at radius 2 is 1.73 bits per heavy atom. The third-order valence-electron chi connectivity index (χ3n) is 6.81. The minimum Gasteiger partial charge on any atom is -0.506 e. The Kier molecular flexibility index (Phi) is 8.82. The van der Waals surface area contributed by atoms with E-state index in [2.05, 4.69) is 36.8 Å². The first kappa shape index (κ1) is 23.8. The van der Waals surface area contributed by atoms with E-state index in [4.69, 9.17) is 0 Å². The van der Waals surface area contributed by atoms with Crippen molar-refractivity contribution >= 4 is 47.4 Å². The average Bonchev–Trinajstić information content (AvgIpc) is 3.26. The van der Waals surface area contributed by atoms with Gasteiger partial charge in [-0.15, -0.1) is 24.0 Å². The smallest absolute Gasteiger partial charge is 0.193 e. The Hall–Kier alpha value is -0.870. The molecule has 6 nitrogen and oxygen atoms in total. The number of aromatic hydroxyl groups is 1. The van der Waals surface area contributed by atoms with Crippen LogP contribution in [0, 0.1) is 0 Å². The third-order valence-corrected chi connectivity index (χ3v) is 7.75. The molecule has 168 valence electrons. The molecule has 0 unspecified atom stereocenters. The van der Waals surface area contributed by atoms with Crippen LogP contribution < -0.4 is 10.2 Å². The summed E-state index contributed by atoms with van der Waals surface area (Å²) < 4.78 is 0. The third kappa shape index (κ3) is 5.30. The second-order valence-corrected chi connectivity index (χ2v) is 9.62. The number of para-hydroxylation sites is 2. The maximum atomic E-state index is 10.1. The van der Waals surface area contributed by atoms with Gasteiger partial charge in [-0.2, -0.15) is 11.8 Å². The van der Waals surface area contributed by atoms with Gasteiger partial charge in [-0.25, -0.2) is 0 Å². The number of thioether (sulfide) groups is 1. The number of phenolic OH excluding ortho intramolecular Hbond substituents is 1. The molecule has 1 aromatic carbocycles. The minimum atomic E-state index is 0. The molecule has 3 fully saturated rings. The van der Waals surface area contributed by atoms with E-state index in [0.29, 0.717) is 11.3 Å². The molecular weight excluding hydrogens is 509 g/mol. The molecule has 1 aromatic rings. The van der Waals surface area contributed by atoms with Gasteiger partial charge < -0.3 is 20.2 Å². The minimum absolute atomic E-state index is 0. The van der Waals surface area contributed by atoms with Gasteiger partial charge in [0, 0.05) is 69.9 Å². The number of hydrogen-bond acceptors (Lipinski definition) is 5. The van der Waals surface area contributed by atoms with E-state index in [1.165, 1.54) is 50.3 Å². The number of benzene rings is 1. The highest BCUT2D eigenvalue weighted by atomic mass is 127. The van der Waals surface area contributed by atoms with Crippen molar-refractivity contribution in [3.05, 3.63) is 24.3 Å². The Bertz CT molecular complexity index is 699. The average molecular weight is 546 g/mol. The van der Waals surface area contributed by atoms with Crippen molar-refractivity contribution in [2.24, 2.45) is 4.99 Å². The quantitative estimate of drug-likeness (QED) is 0.345. The molecule has 3 aliphatic rings. The number of guanidine groups is 1. The van der Waals surface area contributed by atoms with E-state index in [1.54, 1.807) is 6.07 Å². The number of rotatable bonds is 4. The maximum absolute atomic E-state index is 10.1. The van der Waals surface area contributed by atoms with Crippen LogP contribution in [0.3, 0.4) is 0 Å². The summed E-state index contributed by atoms with van der Waals surface area (Å²) in [4.78, 5) is 12.0. The molecule has 0 bridgehead atoms. The van der Waals surface area contributed by atoms with Crippen LogP contribution in [0.2, 0.25) is 0 Å². The molecule has 0 radical (unpaired) electrons. The first-order valence-electron chi connectivity index (χ1n) is 11.0. The monoisotopic (exact) mass is 545 g/mol. The van der Waals surface area contributed by atoms with Crippen LogP contribution in [0.15, 0.2) is 29.3 Å². The van der Waals surface area contributed by atoms with Crippen LogP contribution in [-0.4, -0.2) is 90.8 Å². The molecule has 1 saturated carbocycles. The number of aliphatic imine (C=N–C) groups is 1. The maximum Gasteiger partial charge on any atom is 0.193 e. The summed E-state index contributed by atoms with van der Waals surface area (Å²) in [6.45, 7) is 7.08. The van der Waals surface area contributed by atoms with Crippen molar-refractivity contribution in [3.8, 4) is 5.75 Å². The standard InChI is InChI=1S/C22H35N5OS.HI/c1-23-21(24-18-22(8-4-5-9-22)27-14-16-29-17-15-27)26-12-10-25(11-13-26)19-6-2-3-7-20(19)28;/h2-3,6-7,28H,4-5,8-18H2,1H3,(H,23,24);1H. The predicted molar refractivity (Wildman–Crippen MR) is 139 cm³/mol. The van der Waals surface area contributed by atoms with E-state index < -0.39 is 0 Å². The zero-order valence-corrected chi connectivity index (χ0v) is 21.2. The molecule has 2 aliphatic heterocycles. The van der Waals surface area contributed by atoms with Gasteiger partial charge in [-0.1, -0.05) is 25.0 Å². The van der Waals surface area contributed by atoms with Crippen molar-refractivity contribution in [2.45, 2.75) is 31.2 Å². The molecule has 2 heterocycles. The molecule has 0 spiro atoms. The highest BCUT2D eigenvalue weighted by Gasteiger charge is 2.40. The van der Waals surface area contributed by atoms with Gasteiger partial charge in [0.15, 0.2) is 5.96 Å². The Morgan fingerprint density at radius 1 is 1.07 bits per heavy atom. The van der Waals surface area contributed by atoms with E-state index >= 15 is 0 Å². The SMILES string of the molecule is CN=C(NCC1(N2CCSCC2)CCCC1)N1CCN(c2ccccc2O)CC1.I. The first-order chi connectivity index (χ1) is 14.2. The molecule has 8 heteroatoms. The fourth-order valence-corrected chi connectivity index (χ4v) is 6.05. The fraction of sp³-hybridized carbons (Fsp3) is 0.682. The van der Waals surface area contributed by atoms with Crippen molar-refractivity contribution < 1.29 is 5.11 Å². The van der Waals surface area contributed by atoms with Crippen LogP contribution in [-0.2, 0) is 0 Å². The number of phenols is 1. The number of hydrogen-bond donors (Lipinski definition) is 2. The Balaban J connectivity index is 0.00000256. The van der Waals surface area contributed by atoms with Crippen LogP contribution in [0.25, 0.3) is 0 Å². The molecule has 0 amide bonds. The van der Waals surface area contributed by atoms with Gasteiger partial charge in [-0.3, -0.25) is 9.89 Å². The lowest BCUT2D eigenvalue weighted by Crippen LogP contribution is -2.59. The topological polar surface area (TPSA) is 54.3 Å². The van der Waals surface area contributed by atoms with Crippen LogP contribution in [0.1, 0.15) is 25.7 Å². The highest BCUT2D eigenvalue weighted by molar-refractivity contribution is 14.0. The zero-order valence-electron chi connectivity index (χ0n) is 18.1. The number of halogens is 1. The lowest BCUT2D eigenvalue weighted by molar-refractivity contribution is 0.106. The summed E-state index contributed by atoms with van der Waals surface area (Å²) >= 11 is 2.09. The lowest BCUT2D eigenvalue weighted by Gasteiger charge is -2.44. The van der Waals surface area contributed by atoms with Crippen molar-refractivity contribution in [1.29, 1.82) is 0 Å². The normalized spacial score (nSPS) is 22.6. The predicted octanol–water partition coefficient (Wildman–Crippen LogP) is 3.07. The summed E-state index contributed by atoms with van der Waals surface area (Å²) in [7, 11) is 1.90. The second kappa shape index (κ2) is 11.1. The van der Waals surface area contributed by atoms with Gasteiger partial charge in [0.25, 0.3) is 0 Å². The molecule has 1 aliphatic carbocycles. The summed E-state index contributed by atoms with van der Waals surface area (Å²) in [5, 5.41) is 13.9. The van der Waals surface area contributed by atoms with E-state index in [1.807, 2.05) is 25.2 Å². The largest absolute Gasteiger partial charge is 0.506 e. The summed E-state index contributed by atoms with van der Waals surface area (Å²) in [5.74, 6) is 3.93. The van der Waals surface area contributed by atoms with Crippen molar-refractivity contribution in [3.63, 3.8) is 0 Å². The van der Waals surface area contributed by atoms with Crippen LogP contribution in [0.4, 0.5) is 5.69 Å². The molecule has 4 rings (SSSR count). The fourth-order valence-electron chi connectivity index (χ4n) is 5.14.